The third-order valence-corrected chi connectivity index (χ3v) is 0. The monoisotopic (exact) mass is 208 g/mol. The molecule has 0 aromatic carbocycles. The van der Waals surface area contributed by atoms with E-state index in [0.717, 1.165) is 0 Å². The first kappa shape index (κ1) is 82.1. The van der Waals surface area contributed by atoms with E-state index in [4.69, 9.17) is 19.2 Å². The van der Waals surface area contributed by atoms with E-state index in [-0.39, 0.29) is 55.8 Å². The van der Waals surface area contributed by atoms with E-state index in [2.05, 4.69) is 0 Å². The van der Waals surface area contributed by atoms with Crippen LogP contribution in [-0.2, 0) is 4.57 Å². The van der Waals surface area contributed by atoms with Gasteiger partial charge >= 0.3 is 26.7 Å². The molecule has 0 radical (unpaired) electrons. The molecule has 0 rings (SSSR count). The molecule has 0 aliphatic heterocycles. The second kappa shape index (κ2) is 30.0. The molecule has 0 fully saturated rings. The summed E-state index contributed by atoms with van der Waals surface area (Å²) >= 11 is 0. The fourth-order valence-corrected chi connectivity index (χ4v) is 0. The molecule has 10 nitrogen and oxygen atoms in total. The maximum atomic E-state index is 8.88. The average molecular weight is 208 g/mol. The van der Waals surface area contributed by atoms with E-state index in [9.17, 15) is 0 Å². The van der Waals surface area contributed by atoms with Crippen LogP contribution in [0.5, 0.6) is 0 Å². The molecule has 82 valence electrons. The molecule has 0 aromatic heterocycles. The average Bonchev–Trinajstić information content (AvgIpc) is 0.722. The first-order chi connectivity index (χ1) is 2.00. The zero-order valence-corrected chi connectivity index (χ0v) is 7.33. The molecule has 12 heavy (non-hydrogen) atoms. The maximum absolute atomic E-state index is 8.88. The van der Waals surface area contributed by atoms with E-state index < -0.39 is 7.82 Å². The topological polar surface area (TPSA) is 288 Å². The molecule has 0 unspecified atom stereocenters. The van der Waals surface area contributed by atoms with Crippen LogP contribution in [0, 0.1) is 0 Å². The Hall–Kier alpha value is 0.467. The van der Waals surface area contributed by atoms with Crippen molar-refractivity contribution in [2.75, 3.05) is 0 Å². The van der Waals surface area contributed by atoms with Crippen LogP contribution >= 0.6 is 7.82 Å². The molecule has 0 heterocycles. The Kier molecular flexibility index (Phi) is 206. The summed E-state index contributed by atoms with van der Waals surface area (Å²) in [6, 6.07) is 0. The van der Waals surface area contributed by atoms with Crippen LogP contribution in [0.1, 0.15) is 0 Å². The molecule has 12 heteroatoms. The van der Waals surface area contributed by atoms with Crippen LogP contribution in [0.4, 0.5) is 0 Å². The van der Waals surface area contributed by atoms with Crippen LogP contribution in [0.15, 0.2) is 0 Å². The van der Waals surface area contributed by atoms with Gasteiger partial charge in [-0.2, -0.15) is 0 Å². The second-order valence-electron chi connectivity index (χ2n) is 0.513. The van der Waals surface area contributed by atoms with Gasteiger partial charge in [0.1, 0.15) is 0 Å². The molecule has 0 saturated carbocycles. The van der Waals surface area contributed by atoms with E-state index in [1.807, 2.05) is 0 Å². The number of rotatable bonds is 0. The first-order valence-corrected chi connectivity index (χ1v) is 2.35. The summed E-state index contributed by atoms with van der Waals surface area (Å²) in [7, 11) is -4.64. The van der Waals surface area contributed by atoms with Gasteiger partial charge in [0.05, 0.1) is 0 Å². The Morgan fingerprint density at radius 1 is 0.667 bits per heavy atom. The summed E-state index contributed by atoms with van der Waals surface area (Å²) in [6.45, 7) is 0. The quantitative estimate of drug-likeness (QED) is 0.179. The van der Waals surface area contributed by atoms with Crippen molar-refractivity contribution < 1.29 is 19.2 Å². The third kappa shape index (κ3) is 4290. The summed E-state index contributed by atoms with van der Waals surface area (Å²) in [5.41, 5.74) is 0. The molecule has 0 saturated heterocycles. The van der Waals surface area contributed by atoms with Crippen molar-refractivity contribution in [2.45, 2.75) is 0 Å². The number of hydrogen-bond acceptors (Lipinski definition) is 7. The van der Waals surface area contributed by atoms with E-state index in [1.165, 1.54) is 0 Å². The fraction of sp³-hybridized carbons (Fsp3) is 0. The zero-order chi connectivity index (χ0) is 4.50. The van der Waals surface area contributed by atoms with Crippen LogP contribution in [0.25, 0.3) is 0 Å². The summed E-state index contributed by atoms with van der Waals surface area (Å²) in [4.78, 5) is 21.6. The number of phosphoric acid groups is 1. The predicted octanol–water partition coefficient (Wildman–Crippen LogP) is -0.605. The van der Waals surface area contributed by atoms with Crippen LogP contribution < -0.4 is 36.9 Å². The van der Waals surface area contributed by atoms with Crippen molar-refractivity contribution >= 4 is 26.7 Å². The van der Waals surface area contributed by atoms with Gasteiger partial charge in [0.25, 0.3) is 0 Å². The Balaban J connectivity index is -0.00000000381. The van der Waals surface area contributed by atoms with Crippen molar-refractivity contribution in [3.8, 4) is 0 Å². The van der Waals surface area contributed by atoms with Crippen LogP contribution in [0.3, 0.4) is 0 Å². The van der Waals surface area contributed by atoms with E-state index in [0.29, 0.717) is 0 Å². The molecular weight excluding hydrogens is 186 g/mol. The predicted molar refractivity (Wildman–Crippen MR) is 51.5 cm³/mol. The van der Waals surface area contributed by atoms with Crippen molar-refractivity contribution in [1.29, 1.82) is 0 Å². The second-order valence-corrected chi connectivity index (χ2v) is 1.54. The van der Waals surface area contributed by atoms with Gasteiger partial charge < -0.3 is 51.6 Å². The van der Waals surface area contributed by atoms with Crippen LogP contribution in [-0.4, -0.2) is 33.5 Å². The SMILES string of the molecule is N.N.N.N.N.N.O=P(O)(O)O.[LiH]. The van der Waals surface area contributed by atoms with Gasteiger partial charge in [-0.3, -0.25) is 0 Å². The molecule has 0 aromatic rings. The summed E-state index contributed by atoms with van der Waals surface area (Å²) in [5.74, 6) is 0. The molecular formula is H22LiN6O4P. The van der Waals surface area contributed by atoms with Gasteiger partial charge in [-0.25, -0.2) is 4.57 Å². The minimum atomic E-state index is -4.64. The minimum absolute atomic E-state index is 0. The third-order valence-electron chi connectivity index (χ3n) is 0. The fourth-order valence-electron chi connectivity index (χ4n) is 0. The van der Waals surface area contributed by atoms with Gasteiger partial charge in [0.15, 0.2) is 0 Å². The van der Waals surface area contributed by atoms with Gasteiger partial charge in [-0.15, -0.1) is 0 Å². The molecule has 0 spiro atoms. The molecule has 0 aliphatic rings. The van der Waals surface area contributed by atoms with Gasteiger partial charge in [-0.05, 0) is 0 Å². The Bertz CT molecular complexity index is 65.7. The molecule has 0 aliphatic carbocycles. The normalized spacial score (nSPS) is 4.92. The van der Waals surface area contributed by atoms with E-state index >= 15 is 0 Å². The Morgan fingerprint density at radius 2 is 0.667 bits per heavy atom. The summed E-state index contributed by atoms with van der Waals surface area (Å²) < 4.78 is 8.88. The molecule has 0 atom stereocenters. The van der Waals surface area contributed by atoms with Crippen molar-refractivity contribution in [2.24, 2.45) is 0 Å². The molecule has 21 N–H and O–H groups in total. The summed E-state index contributed by atoms with van der Waals surface area (Å²) in [6.07, 6.45) is 0. The van der Waals surface area contributed by atoms with Crippen molar-refractivity contribution in [3.05, 3.63) is 0 Å². The number of hydrogen-bond donors (Lipinski definition) is 9. The molecule has 0 amide bonds. The Labute approximate surface area is 83.4 Å². The van der Waals surface area contributed by atoms with E-state index in [1.54, 1.807) is 0 Å². The zero-order valence-electron chi connectivity index (χ0n) is 6.44. The van der Waals surface area contributed by atoms with Crippen molar-refractivity contribution in [3.63, 3.8) is 0 Å². The van der Waals surface area contributed by atoms with Gasteiger partial charge in [0.2, 0.25) is 0 Å². The van der Waals surface area contributed by atoms with Gasteiger partial charge in [0, 0.05) is 0 Å². The molecule has 0 bridgehead atoms. The standard InChI is InChI=1S/Li.6H3N.H3O4P.H/c;;;;;;;1-5(2,3)4;/h;6*1H3;(H3,1,2,3,4);. The first-order valence-electron chi connectivity index (χ1n) is 0.783. The Morgan fingerprint density at radius 3 is 0.667 bits per heavy atom. The van der Waals surface area contributed by atoms with Crippen molar-refractivity contribution in [1.82, 2.24) is 36.9 Å². The summed E-state index contributed by atoms with van der Waals surface area (Å²) in [5, 5.41) is 0. The van der Waals surface area contributed by atoms with Gasteiger partial charge in [-0.1, -0.05) is 0 Å². The van der Waals surface area contributed by atoms with Crippen LogP contribution in [0.2, 0.25) is 0 Å².